The monoisotopic (exact) mass is 346 g/mol. The summed E-state index contributed by atoms with van der Waals surface area (Å²) in [5.41, 5.74) is 4.41. The fourth-order valence-corrected chi connectivity index (χ4v) is 3.43. The van der Waals surface area contributed by atoms with Gasteiger partial charge in [0.05, 0.1) is 0 Å². The molecule has 0 saturated carbocycles. The zero-order valence-electron chi connectivity index (χ0n) is 14.8. The summed E-state index contributed by atoms with van der Waals surface area (Å²) < 4.78 is 6.22. The predicted molar refractivity (Wildman–Crippen MR) is 115 cm³/mol. The first-order valence-corrected chi connectivity index (χ1v) is 9.12. The highest BCUT2D eigenvalue weighted by Gasteiger charge is 2.09. The molecule has 1 aromatic heterocycles. The van der Waals surface area contributed by atoms with Crippen LogP contribution < -0.4 is 0 Å². The van der Waals surface area contributed by atoms with E-state index in [1.165, 1.54) is 16.5 Å². The fourth-order valence-electron chi connectivity index (χ4n) is 3.43. The molecule has 0 aliphatic carbocycles. The van der Waals surface area contributed by atoms with E-state index in [0.29, 0.717) is 0 Å². The van der Waals surface area contributed by atoms with Gasteiger partial charge in [0.15, 0.2) is 0 Å². The molecule has 1 nitrogen and oxygen atoms in total. The Kier molecular flexibility index (Phi) is 3.84. The van der Waals surface area contributed by atoms with E-state index in [2.05, 4.69) is 91.0 Å². The molecule has 5 aromatic rings. The Hall–Kier alpha value is -3.58. The van der Waals surface area contributed by atoms with Gasteiger partial charge >= 0.3 is 0 Å². The minimum Gasteiger partial charge on any atom is -0.455 e. The lowest BCUT2D eigenvalue weighted by Gasteiger charge is -1.99. The fraction of sp³-hybridized carbons (Fsp3) is 0. The van der Waals surface area contributed by atoms with Gasteiger partial charge in [-0.15, -0.1) is 0 Å². The van der Waals surface area contributed by atoms with E-state index in [-0.39, 0.29) is 0 Å². The van der Waals surface area contributed by atoms with E-state index >= 15 is 0 Å². The summed E-state index contributed by atoms with van der Waals surface area (Å²) in [6, 6.07) is 33.5. The van der Waals surface area contributed by atoms with Crippen LogP contribution >= 0.6 is 0 Å². The van der Waals surface area contributed by atoms with Crippen LogP contribution in [0.1, 0.15) is 11.1 Å². The highest BCUT2D eigenvalue weighted by Crippen LogP contribution is 2.32. The molecule has 1 heterocycles. The van der Waals surface area contributed by atoms with Crippen LogP contribution in [0.2, 0.25) is 0 Å². The van der Waals surface area contributed by atoms with Crippen LogP contribution in [-0.4, -0.2) is 0 Å². The van der Waals surface area contributed by atoms with Gasteiger partial charge in [-0.2, -0.15) is 0 Å². The molecular formula is C26H18O. The van der Waals surface area contributed by atoms with Crippen molar-refractivity contribution in [1.82, 2.24) is 0 Å². The summed E-state index contributed by atoms with van der Waals surface area (Å²) in [5.74, 6) is 0.903. The van der Waals surface area contributed by atoms with E-state index in [4.69, 9.17) is 4.42 Å². The maximum Gasteiger partial charge on any atom is 0.142 e. The van der Waals surface area contributed by atoms with Crippen molar-refractivity contribution in [2.75, 3.05) is 0 Å². The Bertz CT molecular complexity index is 1240. The minimum absolute atomic E-state index is 0.903. The Labute approximate surface area is 158 Å². The second-order valence-corrected chi connectivity index (χ2v) is 6.68. The van der Waals surface area contributed by atoms with Gasteiger partial charge in [0.25, 0.3) is 0 Å². The molecule has 128 valence electrons. The SMILES string of the molecule is C(=Cc1ccc(-c2cc3ccc4ccccc4c3o2)cc1)c1ccccc1. The lowest BCUT2D eigenvalue weighted by molar-refractivity contribution is 0.635. The minimum atomic E-state index is 0.903. The highest BCUT2D eigenvalue weighted by atomic mass is 16.3. The Morgan fingerprint density at radius 2 is 1.22 bits per heavy atom. The molecule has 5 rings (SSSR count). The van der Waals surface area contributed by atoms with Gasteiger partial charge in [-0.3, -0.25) is 0 Å². The average molecular weight is 346 g/mol. The molecule has 0 radical (unpaired) electrons. The predicted octanol–water partition coefficient (Wildman–Crippen LogP) is 7.42. The Morgan fingerprint density at radius 3 is 2.04 bits per heavy atom. The van der Waals surface area contributed by atoms with Gasteiger partial charge in [-0.05, 0) is 22.6 Å². The Morgan fingerprint density at radius 1 is 0.556 bits per heavy atom. The van der Waals surface area contributed by atoms with Crippen LogP contribution in [0.4, 0.5) is 0 Å². The second-order valence-electron chi connectivity index (χ2n) is 6.68. The van der Waals surface area contributed by atoms with Crippen molar-refractivity contribution in [3.8, 4) is 11.3 Å². The van der Waals surface area contributed by atoms with Crippen molar-refractivity contribution >= 4 is 33.9 Å². The quantitative estimate of drug-likeness (QED) is 0.310. The third-order valence-electron chi connectivity index (χ3n) is 4.87. The molecule has 0 spiro atoms. The summed E-state index contributed by atoms with van der Waals surface area (Å²) >= 11 is 0. The van der Waals surface area contributed by atoms with Gasteiger partial charge in [0.2, 0.25) is 0 Å². The topological polar surface area (TPSA) is 13.1 Å². The molecule has 0 bridgehead atoms. The smallest absolute Gasteiger partial charge is 0.142 e. The number of hydrogen-bond donors (Lipinski definition) is 0. The van der Waals surface area contributed by atoms with Gasteiger partial charge in [-0.1, -0.05) is 103 Å². The van der Waals surface area contributed by atoms with Gasteiger partial charge in [-0.25, -0.2) is 0 Å². The zero-order valence-corrected chi connectivity index (χ0v) is 14.8. The summed E-state index contributed by atoms with van der Waals surface area (Å²) in [5, 5.41) is 3.49. The summed E-state index contributed by atoms with van der Waals surface area (Å²) in [6.45, 7) is 0. The third-order valence-corrected chi connectivity index (χ3v) is 4.87. The lowest BCUT2D eigenvalue weighted by atomic mass is 10.1. The van der Waals surface area contributed by atoms with Gasteiger partial charge in [0, 0.05) is 16.3 Å². The van der Waals surface area contributed by atoms with Crippen LogP contribution in [0.25, 0.3) is 45.2 Å². The number of rotatable bonds is 3. The van der Waals surface area contributed by atoms with E-state index in [1.807, 2.05) is 18.2 Å². The van der Waals surface area contributed by atoms with Crippen molar-refractivity contribution in [3.63, 3.8) is 0 Å². The van der Waals surface area contributed by atoms with Gasteiger partial charge < -0.3 is 4.42 Å². The van der Waals surface area contributed by atoms with Crippen molar-refractivity contribution < 1.29 is 4.42 Å². The summed E-state index contributed by atoms with van der Waals surface area (Å²) in [7, 11) is 0. The molecule has 4 aromatic carbocycles. The molecule has 0 atom stereocenters. The molecular weight excluding hydrogens is 328 g/mol. The van der Waals surface area contributed by atoms with E-state index in [9.17, 15) is 0 Å². The number of fused-ring (bicyclic) bond motifs is 3. The molecule has 0 aliphatic rings. The zero-order chi connectivity index (χ0) is 18.1. The highest BCUT2D eigenvalue weighted by molar-refractivity contribution is 6.05. The summed E-state index contributed by atoms with van der Waals surface area (Å²) in [4.78, 5) is 0. The molecule has 0 N–H and O–H groups in total. The average Bonchev–Trinajstić information content (AvgIpc) is 3.18. The molecule has 0 amide bonds. The number of furan rings is 1. The maximum absolute atomic E-state index is 6.22. The largest absolute Gasteiger partial charge is 0.455 e. The Balaban J connectivity index is 1.48. The molecule has 27 heavy (non-hydrogen) atoms. The van der Waals surface area contributed by atoms with Crippen molar-refractivity contribution in [2.24, 2.45) is 0 Å². The normalized spacial score (nSPS) is 11.6. The van der Waals surface area contributed by atoms with Gasteiger partial charge in [0.1, 0.15) is 11.3 Å². The standard InChI is InChI=1S/C26H18O/c1-2-6-19(7-3-1)10-11-20-12-14-22(15-13-20)25-18-23-17-16-21-8-4-5-9-24(21)26(23)27-25/h1-18H. The molecule has 1 heteroatoms. The van der Waals surface area contributed by atoms with Crippen LogP contribution in [0.5, 0.6) is 0 Å². The first-order chi connectivity index (χ1) is 13.4. The van der Waals surface area contributed by atoms with E-state index in [1.54, 1.807) is 0 Å². The van der Waals surface area contributed by atoms with Crippen LogP contribution in [0, 0.1) is 0 Å². The maximum atomic E-state index is 6.22. The van der Waals surface area contributed by atoms with Crippen molar-refractivity contribution in [1.29, 1.82) is 0 Å². The molecule has 0 saturated heterocycles. The second kappa shape index (κ2) is 6.62. The molecule has 0 fully saturated rings. The van der Waals surface area contributed by atoms with Crippen molar-refractivity contribution in [2.45, 2.75) is 0 Å². The third kappa shape index (κ3) is 3.04. The number of benzene rings is 4. The van der Waals surface area contributed by atoms with Crippen LogP contribution in [0.3, 0.4) is 0 Å². The van der Waals surface area contributed by atoms with E-state index < -0.39 is 0 Å². The van der Waals surface area contributed by atoms with Crippen molar-refractivity contribution in [3.05, 3.63) is 108 Å². The summed E-state index contributed by atoms with van der Waals surface area (Å²) in [6.07, 6.45) is 4.26. The lowest BCUT2D eigenvalue weighted by Crippen LogP contribution is -1.76. The number of hydrogen-bond acceptors (Lipinski definition) is 1. The molecule has 0 unspecified atom stereocenters. The van der Waals surface area contributed by atoms with Crippen LogP contribution in [-0.2, 0) is 0 Å². The van der Waals surface area contributed by atoms with E-state index in [0.717, 1.165) is 27.7 Å². The molecule has 0 aliphatic heterocycles. The van der Waals surface area contributed by atoms with Crippen LogP contribution in [0.15, 0.2) is 101 Å². The first kappa shape index (κ1) is 15.7. The first-order valence-electron chi connectivity index (χ1n) is 9.12.